The Morgan fingerprint density at radius 2 is 2.11 bits per heavy atom. The third kappa shape index (κ3) is 4.27. The van der Waals surface area contributed by atoms with E-state index >= 15 is 0 Å². The van der Waals surface area contributed by atoms with Gasteiger partial charge < -0.3 is 15.2 Å². The second kappa shape index (κ2) is 7.34. The smallest absolute Gasteiger partial charge is 0.165 e. The van der Waals surface area contributed by atoms with Crippen molar-refractivity contribution in [1.82, 2.24) is 0 Å². The quantitative estimate of drug-likeness (QED) is 0.814. The summed E-state index contributed by atoms with van der Waals surface area (Å²) in [7, 11) is 1.44. The molecule has 0 fully saturated rings. The van der Waals surface area contributed by atoms with Gasteiger partial charge in [0, 0.05) is 0 Å². The van der Waals surface area contributed by atoms with Gasteiger partial charge in [-0.2, -0.15) is 0 Å². The van der Waals surface area contributed by atoms with Crippen LogP contribution in [0.5, 0.6) is 5.75 Å². The highest BCUT2D eigenvalue weighted by molar-refractivity contribution is 5.30. The van der Waals surface area contributed by atoms with Crippen LogP contribution < -0.4 is 10.5 Å². The number of hydrogen-bond donors (Lipinski definition) is 1. The molecule has 2 N–H and O–H groups in total. The summed E-state index contributed by atoms with van der Waals surface area (Å²) in [4.78, 5) is 0. The van der Waals surface area contributed by atoms with Crippen LogP contribution in [0.3, 0.4) is 0 Å². The van der Waals surface area contributed by atoms with Crippen LogP contribution in [0.4, 0.5) is 4.39 Å². The molecule has 18 heavy (non-hydrogen) atoms. The first-order valence-electron chi connectivity index (χ1n) is 6.29. The Labute approximate surface area is 108 Å². The predicted molar refractivity (Wildman–Crippen MR) is 70.2 cm³/mol. The van der Waals surface area contributed by atoms with E-state index in [4.69, 9.17) is 15.2 Å². The Kier molecular flexibility index (Phi) is 6.09. The molecule has 4 heteroatoms. The lowest BCUT2D eigenvalue weighted by Gasteiger charge is -2.17. The van der Waals surface area contributed by atoms with Gasteiger partial charge in [-0.05, 0) is 31.0 Å². The van der Waals surface area contributed by atoms with Crippen molar-refractivity contribution in [3.8, 4) is 5.75 Å². The van der Waals surface area contributed by atoms with Gasteiger partial charge in [-0.1, -0.05) is 19.4 Å². The average molecular weight is 255 g/mol. The Morgan fingerprint density at radius 1 is 1.39 bits per heavy atom. The molecule has 102 valence electrons. The Hall–Kier alpha value is -1.13. The fourth-order valence-electron chi connectivity index (χ4n) is 1.77. The van der Waals surface area contributed by atoms with Crippen LogP contribution in [0.15, 0.2) is 18.2 Å². The lowest BCUT2D eigenvalue weighted by molar-refractivity contribution is 0.0503. The summed E-state index contributed by atoms with van der Waals surface area (Å²) in [5, 5.41) is 0. The van der Waals surface area contributed by atoms with Crippen LogP contribution in [0.2, 0.25) is 0 Å². The van der Waals surface area contributed by atoms with Crippen molar-refractivity contribution in [2.75, 3.05) is 13.7 Å². The van der Waals surface area contributed by atoms with Crippen molar-refractivity contribution in [3.05, 3.63) is 29.6 Å². The van der Waals surface area contributed by atoms with Crippen molar-refractivity contribution in [2.45, 2.75) is 38.8 Å². The molecule has 0 bridgehead atoms. The van der Waals surface area contributed by atoms with E-state index in [1.165, 1.54) is 13.2 Å². The third-order valence-electron chi connectivity index (χ3n) is 2.86. The first-order chi connectivity index (χ1) is 8.58. The molecule has 0 saturated heterocycles. The molecule has 2 unspecified atom stereocenters. The molecule has 0 amide bonds. The molecule has 0 radical (unpaired) electrons. The van der Waals surface area contributed by atoms with Gasteiger partial charge in [-0.3, -0.25) is 0 Å². The molecule has 0 aliphatic carbocycles. The van der Waals surface area contributed by atoms with Gasteiger partial charge in [-0.25, -0.2) is 4.39 Å². The van der Waals surface area contributed by atoms with Gasteiger partial charge in [0.15, 0.2) is 11.6 Å². The van der Waals surface area contributed by atoms with Gasteiger partial charge >= 0.3 is 0 Å². The SMILES string of the molecule is CCCC(C)OCC(N)c1ccc(OC)c(F)c1. The van der Waals surface area contributed by atoms with E-state index in [1.54, 1.807) is 12.1 Å². The molecular weight excluding hydrogens is 233 g/mol. The molecule has 0 saturated carbocycles. The molecule has 1 aromatic carbocycles. The summed E-state index contributed by atoms with van der Waals surface area (Å²) in [5.74, 6) is -0.168. The minimum atomic E-state index is -0.396. The number of methoxy groups -OCH3 is 1. The Bertz CT molecular complexity index is 371. The molecule has 0 heterocycles. The maximum absolute atomic E-state index is 13.5. The van der Waals surface area contributed by atoms with Gasteiger partial charge in [0.2, 0.25) is 0 Å². The minimum absolute atomic E-state index is 0.184. The monoisotopic (exact) mass is 255 g/mol. The number of nitrogens with two attached hydrogens (primary N) is 1. The topological polar surface area (TPSA) is 44.5 Å². The third-order valence-corrected chi connectivity index (χ3v) is 2.86. The van der Waals surface area contributed by atoms with E-state index in [1.807, 2.05) is 6.92 Å². The summed E-state index contributed by atoms with van der Waals surface area (Å²) in [5.41, 5.74) is 6.69. The van der Waals surface area contributed by atoms with E-state index < -0.39 is 5.82 Å². The molecule has 3 nitrogen and oxygen atoms in total. The van der Waals surface area contributed by atoms with Crippen LogP contribution in [0.1, 0.15) is 38.3 Å². The largest absolute Gasteiger partial charge is 0.494 e. The number of benzene rings is 1. The van der Waals surface area contributed by atoms with Crippen LogP contribution in [-0.4, -0.2) is 19.8 Å². The second-order valence-electron chi connectivity index (χ2n) is 4.43. The van der Waals surface area contributed by atoms with Crippen molar-refractivity contribution >= 4 is 0 Å². The summed E-state index contributed by atoms with van der Waals surface area (Å²) in [6, 6.07) is 4.43. The number of rotatable bonds is 7. The molecule has 0 aliphatic heterocycles. The second-order valence-corrected chi connectivity index (χ2v) is 4.43. The highest BCUT2D eigenvalue weighted by atomic mass is 19.1. The highest BCUT2D eigenvalue weighted by Gasteiger charge is 2.11. The molecule has 1 aromatic rings. The summed E-state index contributed by atoms with van der Waals surface area (Å²) < 4.78 is 24.0. The lowest BCUT2D eigenvalue weighted by atomic mass is 10.1. The van der Waals surface area contributed by atoms with E-state index in [2.05, 4.69) is 6.92 Å². The Balaban J connectivity index is 2.56. The van der Waals surface area contributed by atoms with Gasteiger partial charge in [0.25, 0.3) is 0 Å². The fourth-order valence-corrected chi connectivity index (χ4v) is 1.77. The predicted octanol–water partition coefficient (Wildman–Crippen LogP) is 3.04. The maximum Gasteiger partial charge on any atom is 0.165 e. The minimum Gasteiger partial charge on any atom is -0.494 e. The molecular formula is C14H22FNO2. The summed E-state index contributed by atoms with van der Waals surface area (Å²) in [6.07, 6.45) is 2.27. The van der Waals surface area contributed by atoms with Crippen LogP contribution in [0, 0.1) is 5.82 Å². The Morgan fingerprint density at radius 3 is 2.67 bits per heavy atom. The van der Waals surface area contributed by atoms with Crippen LogP contribution in [0.25, 0.3) is 0 Å². The van der Waals surface area contributed by atoms with Gasteiger partial charge in [0.1, 0.15) is 0 Å². The van der Waals surface area contributed by atoms with E-state index in [-0.39, 0.29) is 17.9 Å². The molecule has 2 atom stereocenters. The zero-order valence-corrected chi connectivity index (χ0v) is 11.3. The molecule has 0 aliphatic rings. The van der Waals surface area contributed by atoms with Crippen molar-refractivity contribution in [3.63, 3.8) is 0 Å². The zero-order chi connectivity index (χ0) is 13.5. The zero-order valence-electron chi connectivity index (χ0n) is 11.3. The summed E-state index contributed by atoms with van der Waals surface area (Å²) in [6.45, 7) is 4.52. The first kappa shape index (κ1) is 14.9. The standard InChI is InChI=1S/C14H22FNO2/c1-4-5-10(2)18-9-13(16)11-6-7-14(17-3)12(15)8-11/h6-8,10,13H,4-5,9,16H2,1-3H3. The van der Waals surface area contributed by atoms with Crippen molar-refractivity contribution in [1.29, 1.82) is 0 Å². The lowest BCUT2D eigenvalue weighted by Crippen LogP contribution is -2.21. The van der Waals surface area contributed by atoms with Gasteiger partial charge in [-0.15, -0.1) is 0 Å². The number of ether oxygens (including phenoxy) is 2. The maximum atomic E-state index is 13.5. The normalized spacial score (nSPS) is 14.3. The summed E-state index contributed by atoms with van der Waals surface area (Å²) >= 11 is 0. The number of hydrogen-bond acceptors (Lipinski definition) is 3. The fraction of sp³-hybridized carbons (Fsp3) is 0.571. The molecule has 0 aromatic heterocycles. The highest BCUT2D eigenvalue weighted by Crippen LogP contribution is 2.21. The first-order valence-corrected chi connectivity index (χ1v) is 6.29. The molecule has 1 rings (SSSR count). The van der Waals surface area contributed by atoms with Crippen molar-refractivity contribution < 1.29 is 13.9 Å². The molecule has 0 spiro atoms. The van der Waals surface area contributed by atoms with Crippen LogP contribution >= 0.6 is 0 Å². The number of halogens is 1. The van der Waals surface area contributed by atoms with E-state index in [9.17, 15) is 4.39 Å². The van der Waals surface area contributed by atoms with E-state index in [0.29, 0.717) is 6.61 Å². The van der Waals surface area contributed by atoms with Gasteiger partial charge in [0.05, 0.1) is 25.9 Å². The van der Waals surface area contributed by atoms with Crippen molar-refractivity contribution in [2.24, 2.45) is 5.73 Å². The average Bonchev–Trinajstić information content (AvgIpc) is 2.36. The van der Waals surface area contributed by atoms with E-state index in [0.717, 1.165) is 18.4 Å². The van der Waals surface area contributed by atoms with Crippen LogP contribution in [-0.2, 0) is 4.74 Å².